The van der Waals surface area contributed by atoms with Gasteiger partial charge in [-0.3, -0.25) is 0 Å². The van der Waals surface area contributed by atoms with E-state index >= 15 is 0 Å². The summed E-state index contributed by atoms with van der Waals surface area (Å²) in [5, 5.41) is 6.90. The maximum absolute atomic E-state index is 13.9. The van der Waals surface area contributed by atoms with E-state index in [0.717, 1.165) is 44.2 Å². The van der Waals surface area contributed by atoms with Gasteiger partial charge in [0.25, 0.3) is 0 Å². The fourth-order valence-corrected chi connectivity index (χ4v) is 4.00. The largest absolute Gasteiger partial charge is 0.369 e. The van der Waals surface area contributed by atoms with Gasteiger partial charge in [0.1, 0.15) is 11.6 Å². The molecule has 0 spiro atoms. The van der Waals surface area contributed by atoms with Crippen molar-refractivity contribution in [1.82, 2.24) is 15.5 Å². The summed E-state index contributed by atoms with van der Waals surface area (Å²) in [5.74, 6) is -0.882. The van der Waals surface area contributed by atoms with Crippen molar-refractivity contribution >= 4 is 0 Å². The smallest absolute Gasteiger partial charge is 0.129 e. The molecule has 0 saturated heterocycles. The van der Waals surface area contributed by atoms with Crippen LogP contribution in [0.4, 0.5) is 8.78 Å². The van der Waals surface area contributed by atoms with Crippen molar-refractivity contribution in [2.45, 2.75) is 31.7 Å². The Bertz CT molecular complexity index is 820. The van der Waals surface area contributed by atoms with Crippen molar-refractivity contribution in [3.8, 4) is 0 Å². The molecule has 0 radical (unpaired) electrons. The second-order valence-corrected chi connectivity index (χ2v) is 7.34. The lowest BCUT2D eigenvalue weighted by Crippen LogP contribution is -2.37. The van der Waals surface area contributed by atoms with Crippen molar-refractivity contribution in [3.05, 3.63) is 82.7 Å². The van der Waals surface area contributed by atoms with E-state index < -0.39 is 11.6 Å². The number of rotatable bonds is 6. The summed E-state index contributed by atoms with van der Waals surface area (Å²) in [5.41, 5.74) is 4.00. The number of benzene rings is 2. The molecule has 2 aromatic carbocycles. The third-order valence-electron chi connectivity index (χ3n) is 5.46. The maximum atomic E-state index is 13.9. The molecule has 1 aliphatic heterocycles. The lowest BCUT2D eigenvalue weighted by molar-refractivity contribution is 0.260. The van der Waals surface area contributed by atoms with Crippen molar-refractivity contribution in [3.63, 3.8) is 0 Å². The first-order valence-corrected chi connectivity index (χ1v) is 9.61. The van der Waals surface area contributed by atoms with Crippen molar-refractivity contribution in [2.75, 3.05) is 19.8 Å². The summed E-state index contributed by atoms with van der Waals surface area (Å²) in [7, 11) is 0. The molecule has 2 aliphatic rings. The molecule has 0 aromatic heterocycles. The standard InChI is InChI=1S/C22H25F2N3/c23-18-10-17-11-20(6-7-21(17)22(24)12-18)27-14-19(26-15-27)13-25-9-8-16-4-2-1-3-5-16/h1-5,10,12,14,20,25-26H,6-9,11,13,15H2/t20-/m0/s1. The van der Waals surface area contributed by atoms with Gasteiger partial charge in [-0.15, -0.1) is 0 Å². The van der Waals surface area contributed by atoms with Crippen LogP contribution in [0.1, 0.15) is 23.1 Å². The molecular formula is C22H25F2N3. The van der Waals surface area contributed by atoms with Gasteiger partial charge in [-0.25, -0.2) is 8.78 Å². The number of fused-ring (bicyclic) bond motifs is 1. The molecule has 5 heteroatoms. The third kappa shape index (κ3) is 4.30. The fourth-order valence-electron chi connectivity index (χ4n) is 4.00. The SMILES string of the molecule is Fc1cc(F)c2c(c1)C[C@@H](N1C=C(CNCCc3ccccc3)NC1)CC2. The Balaban J connectivity index is 1.29. The van der Waals surface area contributed by atoms with Crippen LogP contribution in [-0.4, -0.2) is 30.7 Å². The Morgan fingerprint density at radius 2 is 2.00 bits per heavy atom. The summed E-state index contributed by atoms with van der Waals surface area (Å²) < 4.78 is 27.4. The highest BCUT2D eigenvalue weighted by Gasteiger charge is 2.27. The lowest BCUT2D eigenvalue weighted by Gasteiger charge is -2.32. The van der Waals surface area contributed by atoms with Gasteiger partial charge in [0.15, 0.2) is 0 Å². The Morgan fingerprint density at radius 3 is 2.85 bits per heavy atom. The molecule has 3 nitrogen and oxygen atoms in total. The van der Waals surface area contributed by atoms with Gasteiger partial charge in [-0.2, -0.15) is 0 Å². The van der Waals surface area contributed by atoms with Gasteiger partial charge >= 0.3 is 0 Å². The van der Waals surface area contributed by atoms with E-state index in [9.17, 15) is 8.78 Å². The first-order valence-electron chi connectivity index (χ1n) is 9.61. The topological polar surface area (TPSA) is 27.3 Å². The highest BCUT2D eigenvalue weighted by Crippen LogP contribution is 2.28. The molecule has 1 atom stereocenters. The van der Waals surface area contributed by atoms with Crippen LogP contribution in [0.5, 0.6) is 0 Å². The molecular weight excluding hydrogens is 344 g/mol. The highest BCUT2D eigenvalue weighted by molar-refractivity contribution is 5.33. The number of halogens is 2. The van der Waals surface area contributed by atoms with Crippen molar-refractivity contribution in [1.29, 1.82) is 0 Å². The second-order valence-electron chi connectivity index (χ2n) is 7.34. The van der Waals surface area contributed by atoms with E-state index in [4.69, 9.17) is 0 Å². The molecule has 142 valence electrons. The van der Waals surface area contributed by atoms with E-state index in [-0.39, 0.29) is 6.04 Å². The number of hydrogen-bond donors (Lipinski definition) is 2. The van der Waals surface area contributed by atoms with Crippen molar-refractivity contribution in [2.24, 2.45) is 0 Å². The first-order chi connectivity index (χ1) is 13.2. The normalized spacial score (nSPS) is 18.8. The molecule has 0 saturated carbocycles. The number of nitrogens with one attached hydrogen (secondary N) is 2. The van der Waals surface area contributed by atoms with E-state index in [0.29, 0.717) is 18.4 Å². The van der Waals surface area contributed by atoms with Crippen LogP contribution in [0.15, 0.2) is 54.4 Å². The lowest BCUT2D eigenvalue weighted by atomic mass is 9.87. The molecule has 0 fully saturated rings. The van der Waals surface area contributed by atoms with Crippen LogP contribution >= 0.6 is 0 Å². The zero-order chi connectivity index (χ0) is 18.6. The molecule has 2 N–H and O–H groups in total. The average molecular weight is 369 g/mol. The summed E-state index contributed by atoms with van der Waals surface area (Å²) in [6.07, 6.45) is 5.41. The van der Waals surface area contributed by atoms with E-state index in [1.165, 1.54) is 17.3 Å². The molecule has 0 unspecified atom stereocenters. The molecule has 4 rings (SSSR count). The van der Waals surface area contributed by atoms with Gasteiger partial charge in [0, 0.05) is 30.5 Å². The first kappa shape index (κ1) is 18.0. The maximum Gasteiger partial charge on any atom is 0.129 e. The Labute approximate surface area is 159 Å². The zero-order valence-electron chi connectivity index (χ0n) is 15.3. The van der Waals surface area contributed by atoms with Gasteiger partial charge in [-0.1, -0.05) is 30.3 Å². The molecule has 27 heavy (non-hydrogen) atoms. The molecule has 1 aliphatic carbocycles. The van der Waals surface area contributed by atoms with E-state index in [1.807, 2.05) is 6.07 Å². The quantitative estimate of drug-likeness (QED) is 0.765. The van der Waals surface area contributed by atoms with Crippen molar-refractivity contribution < 1.29 is 8.78 Å². The molecule has 0 bridgehead atoms. The van der Waals surface area contributed by atoms with E-state index in [1.54, 1.807) is 0 Å². The number of hydrogen-bond acceptors (Lipinski definition) is 3. The van der Waals surface area contributed by atoms with Crippen LogP contribution < -0.4 is 10.6 Å². The van der Waals surface area contributed by atoms with Crippen LogP contribution in [0, 0.1) is 11.6 Å². The zero-order valence-corrected chi connectivity index (χ0v) is 15.3. The van der Waals surface area contributed by atoms with Gasteiger partial charge in [0.05, 0.1) is 6.67 Å². The highest BCUT2D eigenvalue weighted by atomic mass is 19.1. The minimum absolute atomic E-state index is 0.285. The van der Waals surface area contributed by atoms with Gasteiger partial charge in [-0.05, 0) is 55.0 Å². The summed E-state index contributed by atoms with van der Waals surface area (Å²) in [4.78, 5) is 2.26. The van der Waals surface area contributed by atoms with Gasteiger partial charge < -0.3 is 15.5 Å². The minimum atomic E-state index is -0.481. The van der Waals surface area contributed by atoms with Crippen LogP contribution in [0.2, 0.25) is 0 Å². The summed E-state index contributed by atoms with van der Waals surface area (Å²) in [6, 6.07) is 13.2. The predicted molar refractivity (Wildman–Crippen MR) is 103 cm³/mol. The number of nitrogens with zero attached hydrogens (tertiary/aromatic N) is 1. The van der Waals surface area contributed by atoms with Crippen LogP contribution in [0.25, 0.3) is 0 Å². The second kappa shape index (κ2) is 8.09. The minimum Gasteiger partial charge on any atom is -0.369 e. The van der Waals surface area contributed by atoms with Crippen LogP contribution in [0.3, 0.4) is 0 Å². The Hall–Kier alpha value is -2.40. The average Bonchev–Trinajstić information content (AvgIpc) is 3.14. The summed E-state index contributed by atoms with van der Waals surface area (Å²) >= 11 is 0. The molecule has 0 amide bonds. The van der Waals surface area contributed by atoms with Crippen LogP contribution in [-0.2, 0) is 19.3 Å². The molecule has 2 aromatic rings. The predicted octanol–water partition coefficient (Wildman–Crippen LogP) is 3.36. The van der Waals surface area contributed by atoms with E-state index in [2.05, 4.69) is 46.0 Å². The summed E-state index contributed by atoms with van der Waals surface area (Å²) in [6.45, 7) is 2.49. The van der Waals surface area contributed by atoms with Gasteiger partial charge in [0.2, 0.25) is 0 Å². The fraction of sp³-hybridized carbons (Fsp3) is 0.364. The monoisotopic (exact) mass is 369 g/mol. The molecule has 1 heterocycles. The third-order valence-corrected chi connectivity index (χ3v) is 5.46. The Kier molecular flexibility index (Phi) is 5.39. The Morgan fingerprint density at radius 1 is 1.15 bits per heavy atom.